The molecule has 3 heterocycles. The van der Waals surface area contributed by atoms with Gasteiger partial charge in [0.1, 0.15) is 0 Å². The number of aromatic nitrogens is 1. The predicted octanol–water partition coefficient (Wildman–Crippen LogP) is 3.75. The van der Waals surface area contributed by atoms with Crippen LogP contribution in [0.5, 0.6) is 0 Å². The van der Waals surface area contributed by atoms with Crippen LogP contribution < -0.4 is 0 Å². The second kappa shape index (κ2) is 7.82. The number of ether oxygens (including phenoxy) is 2. The summed E-state index contributed by atoms with van der Waals surface area (Å²) in [6, 6.07) is 8.65. The number of esters is 2. The van der Waals surface area contributed by atoms with Crippen molar-refractivity contribution >= 4 is 22.8 Å². The third kappa shape index (κ3) is 3.44. The topological polar surface area (TPSA) is 71.6 Å². The molecule has 1 N–H and O–H groups in total. The minimum absolute atomic E-state index is 0.164. The maximum atomic E-state index is 12.4. The summed E-state index contributed by atoms with van der Waals surface area (Å²) in [4.78, 5) is 30.3. The van der Waals surface area contributed by atoms with Crippen molar-refractivity contribution in [2.45, 2.75) is 58.1 Å². The molecule has 0 spiro atoms. The maximum Gasteiger partial charge on any atom is 0.347 e. The fourth-order valence-corrected chi connectivity index (χ4v) is 5.60. The second-order valence-electron chi connectivity index (χ2n) is 8.40. The number of carbonyl (C=O) groups is 2. The third-order valence-corrected chi connectivity index (χ3v) is 6.90. The Morgan fingerprint density at radius 1 is 1.31 bits per heavy atom. The van der Waals surface area contributed by atoms with Crippen LogP contribution in [0.4, 0.5) is 0 Å². The van der Waals surface area contributed by atoms with E-state index in [4.69, 9.17) is 9.47 Å². The molecule has 0 amide bonds. The Hall–Kier alpha value is -2.34. The number of methoxy groups -OCH3 is 1. The van der Waals surface area contributed by atoms with Gasteiger partial charge >= 0.3 is 11.9 Å². The number of hydrogen-bond donors (Lipinski definition) is 1. The minimum atomic E-state index is -0.868. The van der Waals surface area contributed by atoms with E-state index in [0.717, 1.165) is 38.8 Å². The highest BCUT2D eigenvalue weighted by Gasteiger charge is 2.50. The maximum absolute atomic E-state index is 12.4. The van der Waals surface area contributed by atoms with E-state index < -0.39 is 18.0 Å². The summed E-state index contributed by atoms with van der Waals surface area (Å²) < 4.78 is 10.4. The summed E-state index contributed by atoms with van der Waals surface area (Å²) >= 11 is 0. The van der Waals surface area contributed by atoms with Gasteiger partial charge in [-0.15, -0.1) is 0 Å². The van der Waals surface area contributed by atoms with Gasteiger partial charge in [-0.3, -0.25) is 9.69 Å². The molecule has 0 aliphatic carbocycles. The van der Waals surface area contributed by atoms with E-state index in [1.807, 2.05) is 0 Å². The van der Waals surface area contributed by atoms with Gasteiger partial charge in [-0.1, -0.05) is 25.1 Å². The first-order valence-corrected chi connectivity index (χ1v) is 10.6. The zero-order chi connectivity index (χ0) is 20.6. The van der Waals surface area contributed by atoms with E-state index in [1.165, 1.54) is 36.2 Å². The minimum Gasteiger partial charge on any atom is -0.466 e. The van der Waals surface area contributed by atoms with Crippen molar-refractivity contribution in [3.8, 4) is 0 Å². The zero-order valence-corrected chi connectivity index (χ0v) is 17.5. The highest BCUT2D eigenvalue weighted by molar-refractivity contribution is 5.85. The molecule has 2 aromatic rings. The normalized spacial score (nSPS) is 25.1. The number of nitrogens with zero attached hydrogens (tertiary/aromatic N) is 1. The van der Waals surface area contributed by atoms with Crippen molar-refractivity contribution in [2.24, 2.45) is 5.41 Å². The fourth-order valence-electron chi connectivity index (χ4n) is 5.60. The number of aromatic amines is 1. The molecule has 29 heavy (non-hydrogen) atoms. The van der Waals surface area contributed by atoms with Crippen molar-refractivity contribution in [1.82, 2.24) is 9.88 Å². The SMILES string of the molecule is CC[C@@]1(CC(OC(C)=O)C(=O)OC)CCCN2CCc3c([nH]c4ccccc34)[C@@H]21. The average Bonchev–Trinajstić information content (AvgIpc) is 3.11. The molecular formula is C23H30N2O4. The Labute approximate surface area is 171 Å². The lowest BCUT2D eigenvalue weighted by Gasteiger charge is -2.52. The van der Waals surface area contributed by atoms with E-state index in [9.17, 15) is 9.59 Å². The lowest BCUT2D eigenvalue weighted by atomic mass is 9.65. The van der Waals surface area contributed by atoms with Gasteiger partial charge in [0.25, 0.3) is 0 Å². The number of para-hydroxylation sites is 1. The van der Waals surface area contributed by atoms with Gasteiger partial charge < -0.3 is 14.5 Å². The first kappa shape index (κ1) is 20.0. The van der Waals surface area contributed by atoms with Gasteiger partial charge in [-0.2, -0.15) is 0 Å². The number of nitrogens with one attached hydrogen (secondary N) is 1. The number of hydrogen-bond acceptors (Lipinski definition) is 5. The molecular weight excluding hydrogens is 368 g/mol. The Bertz CT molecular complexity index is 921. The van der Waals surface area contributed by atoms with Crippen molar-refractivity contribution in [3.05, 3.63) is 35.5 Å². The molecule has 4 rings (SSSR count). The monoisotopic (exact) mass is 398 g/mol. The lowest BCUT2D eigenvalue weighted by molar-refractivity contribution is -0.169. The molecule has 3 atom stereocenters. The molecule has 0 radical (unpaired) electrons. The third-order valence-electron chi connectivity index (χ3n) is 6.90. The Morgan fingerprint density at radius 2 is 2.10 bits per heavy atom. The molecule has 0 bridgehead atoms. The molecule has 1 saturated heterocycles. The van der Waals surface area contributed by atoms with E-state index in [-0.39, 0.29) is 11.5 Å². The summed E-state index contributed by atoms with van der Waals surface area (Å²) in [5.74, 6) is -0.924. The van der Waals surface area contributed by atoms with E-state index in [2.05, 4.69) is 41.1 Å². The summed E-state index contributed by atoms with van der Waals surface area (Å²) in [7, 11) is 1.35. The van der Waals surface area contributed by atoms with Crippen LogP contribution in [0.2, 0.25) is 0 Å². The van der Waals surface area contributed by atoms with Gasteiger partial charge in [-0.25, -0.2) is 4.79 Å². The Kier molecular flexibility index (Phi) is 5.38. The van der Waals surface area contributed by atoms with Crippen molar-refractivity contribution in [3.63, 3.8) is 0 Å². The van der Waals surface area contributed by atoms with Crippen molar-refractivity contribution < 1.29 is 19.1 Å². The van der Waals surface area contributed by atoms with Gasteiger partial charge in [-0.05, 0) is 49.3 Å². The Morgan fingerprint density at radius 3 is 2.83 bits per heavy atom. The van der Waals surface area contributed by atoms with Crippen LogP contribution in [-0.2, 0) is 25.5 Å². The smallest absolute Gasteiger partial charge is 0.347 e. The molecule has 6 nitrogen and oxygen atoms in total. The molecule has 2 aliphatic rings. The number of rotatable bonds is 5. The van der Waals surface area contributed by atoms with Crippen LogP contribution in [0.25, 0.3) is 10.9 Å². The van der Waals surface area contributed by atoms with Crippen molar-refractivity contribution in [2.75, 3.05) is 20.2 Å². The van der Waals surface area contributed by atoms with Crippen molar-refractivity contribution in [1.29, 1.82) is 0 Å². The van der Waals surface area contributed by atoms with E-state index >= 15 is 0 Å². The molecule has 2 aliphatic heterocycles. The van der Waals surface area contributed by atoms with E-state index in [0.29, 0.717) is 6.42 Å². The molecule has 0 saturated carbocycles. The number of piperidine rings is 1. The number of benzene rings is 1. The predicted molar refractivity (Wildman–Crippen MR) is 110 cm³/mol. The number of H-pyrrole nitrogens is 1. The standard InChI is InChI=1S/C23H30N2O4/c1-4-23(14-19(22(27)28-3)29-15(2)26)11-7-12-25-13-10-17-16-8-5-6-9-18(16)24-20(17)21(23)25/h5-6,8-9,19,21,24H,4,7,10-14H2,1-3H3/t19?,21-,23+/m1/s1. The van der Waals surface area contributed by atoms with Crippen LogP contribution in [0, 0.1) is 5.41 Å². The highest BCUT2D eigenvalue weighted by atomic mass is 16.6. The quantitative estimate of drug-likeness (QED) is 0.777. The second-order valence-corrected chi connectivity index (χ2v) is 8.40. The first-order valence-electron chi connectivity index (χ1n) is 10.6. The van der Waals surface area contributed by atoms with Gasteiger partial charge in [0.2, 0.25) is 0 Å². The lowest BCUT2D eigenvalue weighted by Crippen LogP contribution is -2.51. The van der Waals surface area contributed by atoms with Crippen LogP contribution >= 0.6 is 0 Å². The van der Waals surface area contributed by atoms with Crippen LogP contribution in [0.15, 0.2) is 24.3 Å². The Balaban J connectivity index is 1.77. The average molecular weight is 399 g/mol. The summed E-state index contributed by atoms with van der Waals surface area (Å²) in [6.07, 6.45) is 3.61. The van der Waals surface area contributed by atoms with Crippen LogP contribution in [0.3, 0.4) is 0 Å². The molecule has 156 valence electrons. The number of fused-ring (bicyclic) bond motifs is 5. The summed E-state index contributed by atoms with van der Waals surface area (Å²) in [5, 5.41) is 1.29. The fraction of sp³-hybridized carbons (Fsp3) is 0.565. The first-order chi connectivity index (χ1) is 14.0. The molecule has 1 aromatic heterocycles. The van der Waals surface area contributed by atoms with Gasteiger partial charge in [0.15, 0.2) is 6.10 Å². The van der Waals surface area contributed by atoms with E-state index in [1.54, 1.807) is 0 Å². The van der Waals surface area contributed by atoms with Gasteiger partial charge in [0, 0.05) is 36.5 Å². The van der Waals surface area contributed by atoms with Crippen LogP contribution in [0.1, 0.15) is 56.8 Å². The summed E-state index contributed by atoms with van der Waals surface area (Å²) in [5.41, 5.74) is 3.66. The highest BCUT2D eigenvalue weighted by Crippen LogP contribution is 2.54. The molecule has 1 aromatic carbocycles. The molecule has 6 heteroatoms. The zero-order valence-electron chi connectivity index (χ0n) is 17.5. The largest absolute Gasteiger partial charge is 0.466 e. The molecule has 1 fully saturated rings. The number of carbonyl (C=O) groups excluding carboxylic acids is 2. The molecule has 1 unspecified atom stereocenters. The van der Waals surface area contributed by atoms with Crippen LogP contribution in [-0.4, -0.2) is 48.1 Å². The van der Waals surface area contributed by atoms with Gasteiger partial charge in [0.05, 0.1) is 13.2 Å². The summed E-state index contributed by atoms with van der Waals surface area (Å²) in [6.45, 7) is 5.59.